The molecule has 5 heteroatoms. The number of rotatable bonds is 6. The van der Waals surface area contributed by atoms with Crippen molar-refractivity contribution in [2.45, 2.75) is 20.3 Å². The Morgan fingerprint density at radius 1 is 1.37 bits per heavy atom. The van der Waals surface area contributed by atoms with Gasteiger partial charge in [-0.25, -0.2) is 0 Å². The van der Waals surface area contributed by atoms with Gasteiger partial charge in [0.15, 0.2) is 0 Å². The molecule has 0 saturated heterocycles. The number of methoxy groups -OCH3 is 1. The van der Waals surface area contributed by atoms with Crippen molar-refractivity contribution in [2.75, 3.05) is 25.1 Å². The first-order valence-corrected chi connectivity index (χ1v) is 6.27. The lowest BCUT2D eigenvalue weighted by Crippen LogP contribution is -2.37. The highest BCUT2D eigenvalue weighted by atomic mass is 16.5. The first-order chi connectivity index (χ1) is 9.08. The van der Waals surface area contributed by atoms with E-state index in [0.717, 1.165) is 5.69 Å². The molecule has 0 bridgehead atoms. The number of hydrogen-bond acceptors (Lipinski definition) is 3. The minimum absolute atomic E-state index is 0.0193. The third kappa shape index (κ3) is 4.62. The molecule has 0 aliphatic rings. The summed E-state index contributed by atoms with van der Waals surface area (Å²) >= 11 is 0. The van der Waals surface area contributed by atoms with Crippen molar-refractivity contribution in [1.29, 1.82) is 0 Å². The molecule has 1 aromatic rings. The molecule has 0 aliphatic carbocycles. The summed E-state index contributed by atoms with van der Waals surface area (Å²) in [5, 5.41) is 2.75. The second-order valence-electron chi connectivity index (χ2n) is 4.08. The number of benzene rings is 1. The smallest absolute Gasteiger partial charge is 0.223 e. The Labute approximate surface area is 113 Å². The molecule has 0 saturated carbocycles. The lowest BCUT2D eigenvalue weighted by atomic mass is 10.2. The number of nitrogens with one attached hydrogen (secondary N) is 1. The molecule has 0 fully saturated rings. The average molecular weight is 264 g/mol. The summed E-state index contributed by atoms with van der Waals surface area (Å²) in [6.07, 6.45) is 0.444. The number of carbonyl (C=O) groups is 2. The Bertz CT molecular complexity index is 446. The van der Waals surface area contributed by atoms with Crippen LogP contribution in [0.25, 0.3) is 0 Å². The molecule has 0 aromatic heterocycles. The second kappa shape index (κ2) is 7.41. The topological polar surface area (TPSA) is 58.6 Å². The molecule has 19 heavy (non-hydrogen) atoms. The summed E-state index contributed by atoms with van der Waals surface area (Å²) in [5.41, 5.74) is 0.762. The molecule has 2 amide bonds. The van der Waals surface area contributed by atoms with Gasteiger partial charge in [0.2, 0.25) is 11.8 Å². The molecule has 104 valence electrons. The Balaban J connectivity index is 2.71. The van der Waals surface area contributed by atoms with E-state index >= 15 is 0 Å². The fourth-order valence-corrected chi connectivity index (χ4v) is 1.68. The Morgan fingerprint density at radius 2 is 2.11 bits per heavy atom. The molecule has 1 N–H and O–H groups in total. The van der Waals surface area contributed by atoms with Gasteiger partial charge in [-0.15, -0.1) is 0 Å². The number of anilines is 1. The predicted octanol–water partition coefficient (Wildman–Crippen LogP) is 1.57. The van der Waals surface area contributed by atoms with E-state index < -0.39 is 0 Å². The Kier molecular flexibility index (Phi) is 5.85. The molecule has 0 aliphatic heterocycles. The monoisotopic (exact) mass is 264 g/mol. The zero-order valence-corrected chi connectivity index (χ0v) is 11.6. The van der Waals surface area contributed by atoms with Gasteiger partial charge in [-0.1, -0.05) is 13.0 Å². The minimum Gasteiger partial charge on any atom is -0.497 e. The van der Waals surface area contributed by atoms with Crippen LogP contribution in [-0.4, -0.2) is 32.0 Å². The van der Waals surface area contributed by atoms with E-state index in [0.29, 0.717) is 25.3 Å². The normalized spacial score (nSPS) is 9.84. The van der Waals surface area contributed by atoms with Crippen molar-refractivity contribution >= 4 is 17.5 Å². The van der Waals surface area contributed by atoms with Crippen LogP contribution in [0.1, 0.15) is 20.3 Å². The fraction of sp³-hybridized carbons (Fsp3) is 0.429. The maximum atomic E-state index is 11.7. The van der Waals surface area contributed by atoms with Gasteiger partial charge in [-0.05, 0) is 12.1 Å². The maximum absolute atomic E-state index is 11.7. The molecular formula is C14H20N2O3. The molecule has 1 rings (SSSR count). The highest BCUT2D eigenvalue weighted by Gasteiger charge is 2.12. The van der Waals surface area contributed by atoms with E-state index in [9.17, 15) is 9.59 Å². The van der Waals surface area contributed by atoms with Gasteiger partial charge in [0.25, 0.3) is 0 Å². The van der Waals surface area contributed by atoms with Crippen LogP contribution in [0, 0.1) is 0 Å². The summed E-state index contributed by atoms with van der Waals surface area (Å²) in [6, 6.07) is 7.28. The summed E-state index contributed by atoms with van der Waals surface area (Å²) < 4.78 is 5.14. The largest absolute Gasteiger partial charge is 0.497 e. The first-order valence-electron chi connectivity index (χ1n) is 6.27. The van der Waals surface area contributed by atoms with Crippen molar-refractivity contribution in [2.24, 2.45) is 0 Å². The van der Waals surface area contributed by atoms with Crippen LogP contribution in [-0.2, 0) is 9.59 Å². The van der Waals surface area contributed by atoms with Crippen LogP contribution in [0.15, 0.2) is 24.3 Å². The standard InChI is InChI=1S/C14H20N2O3/c1-4-14(18)15-8-9-16(11(2)17)12-6-5-7-13(10-12)19-3/h5-7,10H,4,8-9H2,1-3H3,(H,15,18). The third-order valence-corrected chi connectivity index (χ3v) is 2.72. The van der Waals surface area contributed by atoms with Gasteiger partial charge in [-0.3, -0.25) is 9.59 Å². The molecule has 0 atom stereocenters. The van der Waals surface area contributed by atoms with Crippen LogP contribution >= 0.6 is 0 Å². The Morgan fingerprint density at radius 3 is 2.68 bits per heavy atom. The first kappa shape index (κ1) is 15.0. The summed E-state index contributed by atoms with van der Waals surface area (Å²) in [4.78, 5) is 24.4. The number of amides is 2. The quantitative estimate of drug-likeness (QED) is 0.848. The average Bonchev–Trinajstić information content (AvgIpc) is 2.42. The molecule has 0 radical (unpaired) electrons. The fourth-order valence-electron chi connectivity index (χ4n) is 1.68. The second-order valence-corrected chi connectivity index (χ2v) is 4.08. The van der Waals surface area contributed by atoms with Gasteiger partial charge in [-0.2, -0.15) is 0 Å². The van der Waals surface area contributed by atoms with Gasteiger partial charge >= 0.3 is 0 Å². The molecule has 1 aromatic carbocycles. The SMILES string of the molecule is CCC(=O)NCCN(C(C)=O)c1cccc(OC)c1. The molecule has 0 spiro atoms. The van der Waals surface area contributed by atoms with Crippen molar-refractivity contribution in [3.63, 3.8) is 0 Å². The van der Waals surface area contributed by atoms with E-state index in [-0.39, 0.29) is 11.8 Å². The zero-order valence-electron chi connectivity index (χ0n) is 11.6. The third-order valence-electron chi connectivity index (χ3n) is 2.72. The predicted molar refractivity (Wildman–Crippen MR) is 74.3 cm³/mol. The van der Waals surface area contributed by atoms with E-state index in [1.54, 1.807) is 25.0 Å². The van der Waals surface area contributed by atoms with Crippen molar-refractivity contribution < 1.29 is 14.3 Å². The molecular weight excluding hydrogens is 244 g/mol. The van der Waals surface area contributed by atoms with Crippen LogP contribution < -0.4 is 15.0 Å². The van der Waals surface area contributed by atoms with Gasteiger partial charge in [0.05, 0.1) is 7.11 Å². The van der Waals surface area contributed by atoms with Gasteiger partial charge < -0.3 is 15.0 Å². The lowest BCUT2D eigenvalue weighted by molar-refractivity contribution is -0.121. The number of carbonyl (C=O) groups excluding carboxylic acids is 2. The van der Waals surface area contributed by atoms with Crippen LogP contribution in [0.5, 0.6) is 5.75 Å². The van der Waals surface area contributed by atoms with Crippen molar-refractivity contribution in [1.82, 2.24) is 5.32 Å². The summed E-state index contributed by atoms with van der Waals surface area (Å²) in [7, 11) is 1.58. The van der Waals surface area contributed by atoms with E-state index in [1.165, 1.54) is 6.92 Å². The number of ether oxygens (including phenoxy) is 1. The number of hydrogen-bond donors (Lipinski definition) is 1. The summed E-state index contributed by atoms with van der Waals surface area (Å²) in [5.74, 6) is 0.606. The van der Waals surface area contributed by atoms with Gasteiger partial charge in [0, 0.05) is 38.2 Å². The van der Waals surface area contributed by atoms with Crippen LogP contribution in [0.2, 0.25) is 0 Å². The van der Waals surface area contributed by atoms with Crippen molar-refractivity contribution in [3.8, 4) is 5.75 Å². The highest BCUT2D eigenvalue weighted by molar-refractivity contribution is 5.91. The van der Waals surface area contributed by atoms with E-state index in [4.69, 9.17) is 4.74 Å². The number of nitrogens with zero attached hydrogens (tertiary/aromatic N) is 1. The highest BCUT2D eigenvalue weighted by Crippen LogP contribution is 2.20. The minimum atomic E-state index is -0.0704. The Hall–Kier alpha value is -2.04. The molecule has 0 unspecified atom stereocenters. The van der Waals surface area contributed by atoms with E-state index in [2.05, 4.69) is 5.32 Å². The van der Waals surface area contributed by atoms with Crippen molar-refractivity contribution in [3.05, 3.63) is 24.3 Å². The maximum Gasteiger partial charge on any atom is 0.223 e. The zero-order chi connectivity index (χ0) is 14.3. The lowest BCUT2D eigenvalue weighted by Gasteiger charge is -2.21. The van der Waals surface area contributed by atoms with Crippen LogP contribution in [0.4, 0.5) is 5.69 Å². The van der Waals surface area contributed by atoms with Crippen LogP contribution in [0.3, 0.4) is 0 Å². The van der Waals surface area contributed by atoms with E-state index in [1.807, 2.05) is 18.2 Å². The van der Waals surface area contributed by atoms with Gasteiger partial charge in [0.1, 0.15) is 5.75 Å². The summed E-state index contributed by atoms with van der Waals surface area (Å²) in [6.45, 7) is 4.17. The molecule has 5 nitrogen and oxygen atoms in total. The molecule has 0 heterocycles.